The third kappa shape index (κ3) is 7.11. The number of carbonyl (C=O) groups is 1. The van der Waals surface area contributed by atoms with Crippen LogP contribution in [0.3, 0.4) is 0 Å². The number of rotatable bonds is 6. The van der Waals surface area contributed by atoms with Gasteiger partial charge in [0.15, 0.2) is 0 Å². The largest absolute Gasteiger partial charge is 0.541 e. The Kier molecular flexibility index (Phi) is 5.82. The van der Waals surface area contributed by atoms with Crippen LogP contribution in [0.4, 0.5) is 0 Å². The lowest BCUT2D eigenvalue weighted by Crippen LogP contribution is -2.09. The molecule has 0 aromatic heterocycles. The average molecular weight is 276 g/mol. The molecule has 1 unspecified atom stereocenters. The molecule has 0 saturated carbocycles. The zero-order chi connectivity index (χ0) is 13.0. The molecular formula is C6H14O8P2. The fraction of sp³-hybridized carbons (Fsp3) is 0.833. The van der Waals surface area contributed by atoms with Gasteiger partial charge in [-0.15, -0.1) is 0 Å². The molecule has 0 aliphatic heterocycles. The molecule has 0 amide bonds. The highest BCUT2D eigenvalue weighted by Gasteiger charge is 2.39. The highest BCUT2D eigenvalue weighted by molar-refractivity contribution is 7.61. The minimum Gasteiger partial charge on any atom is -0.370 e. The van der Waals surface area contributed by atoms with Gasteiger partial charge in [-0.25, -0.2) is 9.13 Å². The Morgan fingerprint density at radius 1 is 1.31 bits per heavy atom. The highest BCUT2D eigenvalue weighted by Crippen LogP contribution is 2.61. The zero-order valence-electron chi connectivity index (χ0n) is 9.02. The summed E-state index contributed by atoms with van der Waals surface area (Å²) in [4.78, 5) is 27.9. The van der Waals surface area contributed by atoms with E-state index in [1.165, 1.54) is 20.8 Å². The third-order valence-corrected chi connectivity index (χ3v) is 3.81. The molecular weight excluding hydrogens is 262 g/mol. The Bertz CT molecular complexity index is 331. The molecule has 8 nitrogen and oxygen atoms in total. The zero-order valence-corrected chi connectivity index (χ0v) is 10.8. The average Bonchev–Trinajstić information content (AvgIpc) is 1.97. The Hall–Kier alpha value is -0.230. The van der Waals surface area contributed by atoms with E-state index in [-0.39, 0.29) is 6.42 Å². The van der Waals surface area contributed by atoms with Gasteiger partial charge in [-0.05, 0) is 13.8 Å². The Morgan fingerprint density at radius 2 is 1.81 bits per heavy atom. The van der Waals surface area contributed by atoms with Gasteiger partial charge in [0.05, 0.1) is 6.10 Å². The van der Waals surface area contributed by atoms with Crippen molar-refractivity contribution >= 4 is 21.6 Å². The standard InChI is InChI=1S/C6H14O8P2/c1-4-6(7)13-16(11,12-5(2)3)14-15(8,9)10/h5H,4H2,1-3H3,(H2,8,9,10). The van der Waals surface area contributed by atoms with Gasteiger partial charge in [0, 0.05) is 6.42 Å². The second-order valence-electron chi connectivity index (χ2n) is 2.99. The molecule has 0 aliphatic carbocycles. The number of phosphoric acid groups is 2. The molecule has 0 saturated heterocycles. The predicted octanol–water partition coefficient (Wildman–Crippen LogP) is 1.58. The van der Waals surface area contributed by atoms with Crippen LogP contribution in [-0.2, 0) is 27.3 Å². The summed E-state index contributed by atoms with van der Waals surface area (Å²) in [5, 5.41) is 0. The van der Waals surface area contributed by atoms with E-state index in [1.54, 1.807) is 0 Å². The third-order valence-electron chi connectivity index (χ3n) is 1.05. The van der Waals surface area contributed by atoms with Crippen molar-refractivity contribution in [2.45, 2.75) is 33.3 Å². The van der Waals surface area contributed by atoms with Crippen LogP contribution in [0.1, 0.15) is 27.2 Å². The lowest BCUT2D eigenvalue weighted by atomic mass is 10.5. The molecule has 0 rings (SSSR count). The van der Waals surface area contributed by atoms with Gasteiger partial charge in [-0.3, -0.25) is 9.32 Å². The van der Waals surface area contributed by atoms with Crippen molar-refractivity contribution in [2.75, 3.05) is 0 Å². The molecule has 16 heavy (non-hydrogen) atoms. The summed E-state index contributed by atoms with van der Waals surface area (Å²) < 4.78 is 34.9. The first-order valence-electron chi connectivity index (χ1n) is 4.35. The van der Waals surface area contributed by atoms with Crippen LogP contribution in [0.15, 0.2) is 0 Å². The topological polar surface area (TPSA) is 119 Å². The van der Waals surface area contributed by atoms with E-state index in [9.17, 15) is 13.9 Å². The van der Waals surface area contributed by atoms with E-state index in [4.69, 9.17) is 9.79 Å². The van der Waals surface area contributed by atoms with Crippen molar-refractivity contribution in [2.24, 2.45) is 0 Å². The SMILES string of the molecule is CCC(=O)OP(=O)(OC(C)C)OP(=O)(O)O. The van der Waals surface area contributed by atoms with Crippen molar-refractivity contribution in [3.05, 3.63) is 0 Å². The predicted molar refractivity (Wildman–Crippen MR) is 53.3 cm³/mol. The molecule has 0 fully saturated rings. The molecule has 0 heterocycles. The minimum atomic E-state index is -5.08. The maximum absolute atomic E-state index is 11.6. The molecule has 2 N–H and O–H groups in total. The second-order valence-corrected chi connectivity index (χ2v) is 5.91. The normalized spacial score (nSPS) is 15.9. The monoisotopic (exact) mass is 276 g/mol. The van der Waals surface area contributed by atoms with E-state index in [0.717, 1.165) is 0 Å². The first-order valence-corrected chi connectivity index (χ1v) is 7.35. The number of hydrogen-bond donors (Lipinski definition) is 2. The second kappa shape index (κ2) is 5.91. The van der Waals surface area contributed by atoms with Gasteiger partial charge in [-0.1, -0.05) is 6.92 Å². The van der Waals surface area contributed by atoms with E-state index in [0.29, 0.717) is 0 Å². The molecule has 0 spiro atoms. The van der Waals surface area contributed by atoms with Crippen LogP contribution in [0, 0.1) is 0 Å². The van der Waals surface area contributed by atoms with Crippen LogP contribution < -0.4 is 0 Å². The first-order chi connectivity index (χ1) is 7.08. The molecule has 0 aromatic carbocycles. The maximum Gasteiger partial charge on any atom is 0.541 e. The Labute approximate surface area is 92.8 Å². The molecule has 0 radical (unpaired) electrons. The van der Waals surface area contributed by atoms with Gasteiger partial charge < -0.3 is 14.3 Å². The summed E-state index contributed by atoms with van der Waals surface area (Å²) >= 11 is 0. The molecule has 1 atom stereocenters. The van der Waals surface area contributed by atoms with Gasteiger partial charge in [0.1, 0.15) is 0 Å². The Morgan fingerprint density at radius 3 is 2.12 bits per heavy atom. The van der Waals surface area contributed by atoms with Gasteiger partial charge in [-0.2, -0.15) is 4.31 Å². The van der Waals surface area contributed by atoms with Crippen molar-refractivity contribution < 1.29 is 37.1 Å². The summed E-state index contributed by atoms with van der Waals surface area (Å²) in [6.07, 6.45) is -0.822. The molecule has 96 valence electrons. The maximum atomic E-state index is 11.6. The van der Waals surface area contributed by atoms with Crippen LogP contribution in [0.5, 0.6) is 0 Å². The summed E-state index contributed by atoms with van der Waals surface area (Å²) in [6, 6.07) is 0. The van der Waals surface area contributed by atoms with Crippen LogP contribution in [0.25, 0.3) is 0 Å². The van der Waals surface area contributed by atoms with Gasteiger partial charge >= 0.3 is 21.6 Å². The summed E-state index contributed by atoms with van der Waals surface area (Å²) in [6.45, 7) is 4.30. The molecule has 10 heteroatoms. The van der Waals surface area contributed by atoms with E-state index >= 15 is 0 Å². The first kappa shape index (κ1) is 15.8. The fourth-order valence-corrected chi connectivity index (χ4v) is 2.90. The van der Waals surface area contributed by atoms with Crippen molar-refractivity contribution in [3.8, 4) is 0 Å². The van der Waals surface area contributed by atoms with Crippen LogP contribution in [0.2, 0.25) is 0 Å². The molecule has 0 aliphatic rings. The van der Waals surface area contributed by atoms with E-state index in [2.05, 4.69) is 13.4 Å². The summed E-state index contributed by atoms with van der Waals surface area (Å²) in [7, 11) is -9.66. The number of phosphoric ester groups is 1. The van der Waals surface area contributed by atoms with E-state index in [1.807, 2.05) is 0 Å². The summed E-state index contributed by atoms with van der Waals surface area (Å²) in [5.41, 5.74) is 0. The number of hydrogen-bond acceptors (Lipinski definition) is 6. The summed E-state index contributed by atoms with van der Waals surface area (Å²) in [5.74, 6) is -0.947. The smallest absolute Gasteiger partial charge is 0.370 e. The lowest BCUT2D eigenvalue weighted by Gasteiger charge is -2.18. The lowest BCUT2D eigenvalue weighted by molar-refractivity contribution is -0.135. The van der Waals surface area contributed by atoms with Crippen molar-refractivity contribution in [1.82, 2.24) is 0 Å². The highest BCUT2D eigenvalue weighted by atomic mass is 31.3. The Balaban J connectivity index is 4.82. The van der Waals surface area contributed by atoms with Gasteiger partial charge in [0.25, 0.3) is 0 Å². The minimum absolute atomic E-state index is 0.129. The number of carbonyl (C=O) groups excluding carboxylic acids is 1. The quantitative estimate of drug-likeness (QED) is 0.701. The fourth-order valence-electron chi connectivity index (χ4n) is 0.635. The van der Waals surface area contributed by atoms with E-state index < -0.39 is 27.7 Å². The van der Waals surface area contributed by atoms with Crippen LogP contribution in [-0.4, -0.2) is 21.9 Å². The van der Waals surface area contributed by atoms with Crippen molar-refractivity contribution in [3.63, 3.8) is 0 Å². The van der Waals surface area contributed by atoms with Gasteiger partial charge in [0.2, 0.25) is 0 Å². The molecule has 0 bridgehead atoms. The van der Waals surface area contributed by atoms with Crippen molar-refractivity contribution in [1.29, 1.82) is 0 Å². The van der Waals surface area contributed by atoms with Crippen LogP contribution >= 0.6 is 15.6 Å². The molecule has 0 aromatic rings.